The van der Waals surface area contributed by atoms with E-state index in [-0.39, 0.29) is 30.3 Å². The number of nitrogens with one attached hydrogen (secondary N) is 1. The zero-order valence-electron chi connectivity index (χ0n) is 22.5. The Labute approximate surface area is 239 Å². The Bertz CT molecular complexity index is 1180. The van der Waals surface area contributed by atoms with E-state index >= 15 is 0 Å². The summed E-state index contributed by atoms with van der Waals surface area (Å²) in [5.41, 5.74) is 2.17. The standard InChI is InChI=1S/C29H36Cl2N4O4/c1-29(2,3)21-8-10-25(11-9-21)35(26(17-33-39)34-24-15-22(30)14-23(31)16-24)18-19-4-6-20(7-5-19)28(38)32-13-12-27(36)37/h4-7,14-17,21,25,39H,8-13,18H2,1-3H3,(H,32,38)(H,36,37). The number of carbonyl (C=O) groups is 2. The third kappa shape index (κ3) is 9.25. The molecule has 0 unspecified atom stereocenters. The summed E-state index contributed by atoms with van der Waals surface area (Å²) in [6, 6.07) is 12.4. The van der Waals surface area contributed by atoms with Gasteiger partial charge in [0.2, 0.25) is 0 Å². The minimum atomic E-state index is -0.966. The summed E-state index contributed by atoms with van der Waals surface area (Å²) >= 11 is 12.4. The fourth-order valence-electron chi connectivity index (χ4n) is 4.95. The van der Waals surface area contributed by atoms with Gasteiger partial charge in [0.1, 0.15) is 6.21 Å². The topological polar surface area (TPSA) is 115 Å². The smallest absolute Gasteiger partial charge is 0.305 e. The average Bonchev–Trinajstić information content (AvgIpc) is 2.86. The molecular weight excluding hydrogens is 539 g/mol. The Morgan fingerprint density at radius 3 is 2.21 bits per heavy atom. The molecule has 1 amide bonds. The first kappa shape index (κ1) is 30.4. The quantitative estimate of drug-likeness (QED) is 0.132. The van der Waals surface area contributed by atoms with E-state index in [2.05, 4.69) is 36.1 Å². The molecule has 0 spiro atoms. The third-order valence-electron chi connectivity index (χ3n) is 7.11. The highest BCUT2D eigenvalue weighted by molar-refractivity contribution is 6.35. The number of hydrogen-bond acceptors (Lipinski definition) is 5. The second-order valence-electron chi connectivity index (χ2n) is 10.9. The van der Waals surface area contributed by atoms with Crippen molar-refractivity contribution < 1.29 is 19.9 Å². The van der Waals surface area contributed by atoms with E-state index in [1.54, 1.807) is 30.3 Å². The fourth-order valence-corrected chi connectivity index (χ4v) is 5.46. The number of halogens is 2. The minimum Gasteiger partial charge on any atom is -0.481 e. The monoisotopic (exact) mass is 574 g/mol. The van der Waals surface area contributed by atoms with Crippen LogP contribution in [0.25, 0.3) is 0 Å². The number of carboxylic acid groups (broad SMARTS) is 1. The molecule has 39 heavy (non-hydrogen) atoms. The van der Waals surface area contributed by atoms with Crippen LogP contribution in [-0.4, -0.2) is 51.7 Å². The Morgan fingerprint density at radius 2 is 1.67 bits per heavy atom. The summed E-state index contributed by atoms with van der Waals surface area (Å²) < 4.78 is 0. The predicted octanol–water partition coefficient (Wildman–Crippen LogP) is 6.80. The number of hydrogen-bond donors (Lipinski definition) is 3. The van der Waals surface area contributed by atoms with E-state index in [0.717, 1.165) is 31.2 Å². The molecule has 1 aliphatic rings. The van der Waals surface area contributed by atoms with Crippen molar-refractivity contribution in [1.29, 1.82) is 0 Å². The lowest BCUT2D eigenvalue weighted by Crippen LogP contribution is -2.43. The second-order valence-corrected chi connectivity index (χ2v) is 11.8. The summed E-state index contributed by atoms with van der Waals surface area (Å²) in [6.07, 6.45) is 5.26. The zero-order chi connectivity index (χ0) is 28.6. The Morgan fingerprint density at radius 1 is 1.05 bits per heavy atom. The highest BCUT2D eigenvalue weighted by Gasteiger charge is 2.33. The Balaban J connectivity index is 1.88. The van der Waals surface area contributed by atoms with E-state index in [1.807, 2.05) is 12.1 Å². The maximum Gasteiger partial charge on any atom is 0.305 e. The lowest BCUT2D eigenvalue weighted by atomic mass is 9.71. The van der Waals surface area contributed by atoms with E-state index in [0.29, 0.717) is 39.6 Å². The third-order valence-corrected chi connectivity index (χ3v) is 7.55. The number of rotatable bonds is 9. The summed E-state index contributed by atoms with van der Waals surface area (Å²) in [5.74, 6) is -0.197. The molecule has 0 saturated heterocycles. The van der Waals surface area contributed by atoms with Gasteiger partial charge in [-0.25, -0.2) is 4.99 Å². The molecule has 8 nitrogen and oxygen atoms in total. The molecule has 0 radical (unpaired) electrons. The van der Waals surface area contributed by atoms with Crippen LogP contribution >= 0.6 is 23.2 Å². The lowest BCUT2D eigenvalue weighted by molar-refractivity contribution is -0.136. The highest BCUT2D eigenvalue weighted by Crippen LogP contribution is 2.39. The molecule has 10 heteroatoms. The van der Waals surface area contributed by atoms with Gasteiger partial charge in [-0.1, -0.05) is 61.3 Å². The van der Waals surface area contributed by atoms with Crippen molar-refractivity contribution in [1.82, 2.24) is 10.2 Å². The van der Waals surface area contributed by atoms with Crippen LogP contribution in [0.4, 0.5) is 5.69 Å². The predicted molar refractivity (Wildman–Crippen MR) is 156 cm³/mol. The molecule has 0 aromatic heterocycles. The molecular formula is C29H36Cl2N4O4. The molecule has 2 aromatic rings. The van der Waals surface area contributed by atoms with Gasteiger partial charge in [0, 0.05) is 34.7 Å². The molecule has 3 rings (SSSR count). The van der Waals surface area contributed by atoms with Crippen LogP contribution in [-0.2, 0) is 11.3 Å². The first-order chi connectivity index (χ1) is 18.5. The van der Waals surface area contributed by atoms with Gasteiger partial charge in [-0.05, 0) is 72.9 Å². The number of amides is 1. The van der Waals surface area contributed by atoms with Gasteiger partial charge < -0.3 is 20.5 Å². The first-order valence-electron chi connectivity index (χ1n) is 13.0. The van der Waals surface area contributed by atoms with Crippen LogP contribution in [0.5, 0.6) is 0 Å². The molecule has 0 aliphatic heterocycles. The first-order valence-corrected chi connectivity index (χ1v) is 13.8. The Kier molecular flexibility index (Phi) is 10.8. The van der Waals surface area contributed by atoms with Crippen molar-refractivity contribution in [3.63, 3.8) is 0 Å². The number of carboxylic acids is 1. The van der Waals surface area contributed by atoms with Gasteiger partial charge in [-0.15, -0.1) is 0 Å². The van der Waals surface area contributed by atoms with Crippen LogP contribution in [0.2, 0.25) is 10.0 Å². The zero-order valence-corrected chi connectivity index (χ0v) is 24.0. The highest BCUT2D eigenvalue weighted by atomic mass is 35.5. The van der Waals surface area contributed by atoms with Crippen molar-refractivity contribution in [3.8, 4) is 0 Å². The number of carbonyl (C=O) groups excluding carboxylic acids is 1. The van der Waals surface area contributed by atoms with Gasteiger partial charge >= 0.3 is 5.97 Å². The van der Waals surface area contributed by atoms with Gasteiger partial charge in [0.15, 0.2) is 5.84 Å². The average molecular weight is 576 g/mol. The van der Waals surface area contributed by atoms with Gasteiger partial charge in [-0.2, -0.15) is 0 Å². The second kappa shape index (κ2) is 13.8. The largest absolute Gasteiger partial charge is 0.481 e. The van der Waals surface area contributed by atoms with E-state index in [9.17, 15) is 14.8 Å². The maximum atomic E-state index is 12.4. The molecule has 0 heterocycles. The maximum absolute atomic E-state index is 12.4. The normalized spacial score (nSPS) is 18.2. The minimum absolute atomic E-state index is 0.0643. The number of benzene rings is 2. The molecule has 3 N–H and O–H groups in total. The summed E-state index contributed by atoms with van der Waals surface area (Å²) in [6.45, 7) is 7.38. The van der Waals surface area contributed by atoms with Crippen LogP contribution in [0, 0.1) is 11.3 Å². The van der Waals surface area contributed by atoms with Crippen LogP contribution in [0.1, 0.15) is 68.8 Å². The van der Waals surface area contributed by atoms with Gasteiger partial charge in [0.05, 0.1) is 12.1 Å². The van der Waals surface area contributed by atoms with Crippen molar-refractivity contribution in [2.24, 2.45) is 21.5 Å². The fraction of sp³-hybridized carbons (Fsp3) is 0.448. The molecule has 2 aromatic carbocycles. The molecule has 1 aliphatic carbocycles. The van der Waals surface area contributed by atoms with Crippen molar-refractivity contribution >= 4 is 52.8 Å². The lowest BCUT2D eigenvalue weighted by Gasteiger charge is -2.41. The number of amidine groups is 1. The summed E-state index contributed by atoms with van der Waals surface area (Å²) in [4.78, 5) is 30.0. The SMILES string of the molecule is CC(C)(C)C1CCC(N(Cc2ccc(C(=O)NCCC(=O)O)cc2)C(C=NO)=Nc2cc(Cl)cc(Cl)c2)CC1. The number of oxime groups is 1. The Hall–Kier alpha value is -3.10. The molecule has 1 saturated carbocycles. The summed E-state index contributed by atoms with van der Waals surface area (Å²) in [7, 11) is 0. The molecule has 1 fully saturated rings. The number of nitrogens with zero attached hydrogens (tertiary/aromatic N) is 3. The molecule has 0 bridgehead atoms. The van der Waals surface area contributed by atoms with E-state index < -0.39 is 5.97 Å². The van der Waals surface area contributed by atoms with Crippen LogP contribution < -0.4 is 5.32 Å². The van der Waals surface area contributed by atoms with Crippen molar-refractivity contribution in [3.05, 3.63) is 63.6 Å². The molecule has 210 valence electrons. The summed E-state index contributed by atoms with van der Waals surface area (Å²) in [5, 5.41) is 25.1. The van der Waals surface area contributed by atoms with Crippen molar-refractivity contribution in [2.45, 2.75) is 65.5 Å². The van der Waals surface area contributed by atoms with Gasteiger partial charge in [-0.3, -0.25) is 9.59 Å². The van der Waals surface area contributed by atoms with E-state index in [4.69, 9.17) is 33.3 Å². The van der Waals surface area contributed by atoms with Crippen molar-refractivity contribution in [2.75, 3.05) is 6.54 Å². The number of aliphatic imine (C=N–C) groups is 1. The van der Waals surface area contributed by atoms with Crippen LogP contribution in [0.3, 0.4) is 0 Å². The van der Waals surface area contributed by atoms with Crippen LogP contribution in [0.15, 0.2) is 52.6 Å². The number of aliphatic carboxylic acids is 1. The van der Waals surface area contributed by atoms with E-state index in [1.165, 1.54) is 6.21 Å². The molecule has 0 atom stereocenters. The van der Waals surface area contributed by atoms with Gasteiger partial charge in [0.25, 0.3) is 5.91 Å².